The minimum atomic E-state index is -0.422. The Bertz CT molecular complexity index is 1350. The lowest BCUT2D eigenvalue weighted by molar-refractivity contribution is -0.124. The van der Waals surface area contributed by atoms with Crippen molar-refractivity contribution in [1.29, 1.82) is 0 Å². The van der Waals surface area contributed by atoms with Crippen molar-refractivity contribution in [3.63, 3.8) is 0 Å². The number of carbonyl (C=O) groups is 1. The van der Waals surface area contributed by atoms with Crippen molar-refractivity contribution in [1.82, 2.24) is 14.3 Å². The summed E-state index contributed by atoms with van der Waals surface area (Å²) in [6.45, 7) is 4.03. The van der Waals surface area contributed by atoms with Crippen LogP contribution in [0.5, 0.6) is 0 Å². The lowest BCUT2D eigenvalue weighted by Gasteiger charge is -2.25. The van der Waals surface area contributed by atoms with Gasteiger partial charge in [-0.1, -0.05) is 44.2 Å². The molecule has 0 N–H and O–H groups in total. The van der Waals surface area contributed by atoms with Crippen molar-refractivity contribution in [2.24, 2.45) is 12.5 Å². The first kappa shape index (κ1) is 19.3. The predicted octanol–water partition coefficient (Wildman–Crippen LogP) is 4.23. The molecule has 2 aromatic carbocycles. The Labute approximate surface area is 180 Å². The molecular weight excluding hydrogens is 388 g/mol. The van der Waals surface area contributed by atoms with E-state index in [1.807, 2.05) is 59.8 Å². The van der Waals surface area contributed by atoms with E-state index in [0.717, 1.165) is 34.3 Å². The summed E-state index contributed by atoms with van der Waals surface area (Å²) < 4.78 is 3.34. The van der Waals surface area contributed by atoms with Gasteiger partial charge in [0.25, 0.3) is 0 Å². The van der Waals surface area contributed by atoms with Gasteiger partial charge in [-0.15, -0.1) is 0 Å². The topological polar surface area (TPSA) is 60.1 Å². The molecule has 2 aromatic heterocycles. The number of anilines is 1. The van der Waals surface area contributed by atoms with Gasteiger partial charge in [-0.05, 0) is 36.2 Å². The maximum absolute atomic E-state index is 13.3. The molecule has 0 aliphatic carbocycles. The molecule has 1 amide bonds. The van der Waals surface area contributed by atoms with Gasteiger partial charge in [-0.25, -0.2) is 4.68 Å². The van der Waals surface area contributed by atoms with Crippen LogP contribution in [-0.4, -0.2) is 20.3 Å². The van der Waals surface area contributed by atoms with E-state index in [1.165, 1.54) is 10.6 Å². The highest BCUT2D eigenvalue weighted by atomic mass is 16.2. The SMILES string of the molecule is Cn1cc(-n2ncc3cc(N4C(=O)C(C)(C)C[C@H]4c4ccccc4)ccc32)ccc1=O. The molecule has 0 spiro atoms. The van der Waals surface area contributed by atoms with Crippen LogP contribution < -0.4 is 10.5 Å². The molecule has 1 saturated heterocycles. The second-order valence-corrected chi connectivity index (χ2v) is 8.83. The van der Waals surface area contributed by atoms with Gasteiger partial charge in [0.15, 0.2) is 0 Å². The summed E-state index contributed by atoms with van der Waals surface area (Å²) in [5.74, 6) is 0.131. The van der Waals surface area contributed by atoms with Crippen LogP contribution in [0, 0.1) is 5.41 Å². The number of nitrogens with zero attached hydrogens (tertiary/aromatic N) is 4. The van der Waals surface area contributed by atoms with Crippen LogP contribution >= 0.6 is 0 Å². The summed E-state index contributed by atoms with van der Waals surface area (Å²) in [4.78, 5) is 27.0. The van der Waals surface area contributed by atoms with E-state index in [2.05, 4.69) is 17.2 Å². The molecule has 1 fully saturated rings. The van der Waals surface area contributed by atoms with Crippen LogP contribution in [0.2, 0.25) is 0 Å². The molecule has 1 atom stereocenters. The Morgan fingerprint density at radius 1 is 0.968 bits per heavy atom. The third kappa shape index (κ3) is 3.15. The summed E-state index contributed by atoms with van der Waals surface area (Å²) in [5.41, 5.74) is 3.26. The number of pyridine rings is 1. The highest BCUT2D eigenvalue weighted by molar-refractivity contribution is 6.02. The zero-order chi connectivity index (χ0) is 21.8. The van der Waals surface area contributed by atoms with Crippen molar-refractivity contribution < 1.29 is 4.79 Å². The molecule has 31 heavy (non-hydrogen) atoms. The fourth-order valence-corrected chi connectivity index (χ4v) is 4.45. The van der Waals surface area contributed by atoms with E-state index in [4.69, 9.17) is 0 Å². The predicted molar refractivity (Wildman–Crippen MR) is 121 cm³/mol. The number of rotatable bonds is 3. The average molecular weight is 412 g/mol. The molecule has 3 heterocycles. The summed E-state index contributed by atoms with van der Waals surface area (Å²) in [7, 11) is 1.72. The van der Waals surface area contributed by atoms with Crippen LogP contribution in [-0.2, 0) is 11.8 Å². The standard InChI is InChI=1S/C25H24N4O2/c1-25(2)14-22(17-7-5-4-6-8-17)28(24(25)31)19-9-11-21-18(13-19)15-26-29(21)20-10-12-23(30)27(3)16-20/h4-13,15-16,22H,14H2,1-3H3/t22-/m0/s1. The van der Waals surface area contributed by atoms with Crippen molar-refractivity contribution >= 4 is 22.5 Å². The van der Waals surface area contributed by atoms with Gasteiger partial charge in [-0.3, -0.25) is 9.59 Å². The fraction of sp³-hybridized carbons (Fsp3) is 0.240. The number of hydrogen-bond acceptors (Lipinski definition) is 3. The van der Waals surface area contributed by atoms with Crippen LogP contribution in [0.1, 0.15) is 31.9 Å². The lowest BCUT2D eigenvalue weighted by atomic mass is 9.88. The molecule has 5 rings (SSSR count). The average Bonchev–Trinajstić information content (AvgIpc) is 3.29. The largest absolute Gasteiger partial charge is 0.316 e. The smallest absolute Gasteiger partial charge is 0.250 e. The Kier molecular flexibility index (Phi) is 4.32. The third-order valence-electron chi connectivity index (χ3n) is 6.14. The van der Waals surface area contributed by atoms with E-state index >= 15 is 0 Å². The number of carbonyl (C=O) groups excluding carboxylic acids is 1. The van der Waals surface area contributed by atoms with Gasteiger partial charge in [0.05, 0.1) is 23.4 Å². The molecule has 0 unspecified atom stereocenters. The van der Waals surface area contributed by atoms with Gasteiger partial charge in [0, 0.05) is 35.8 Å². The van der Waals surface area contributed by atoms with E-state index < -0.39 is 5.41 Å². The molecule has 156 valence electrons. The van der Waals surface area contributed by atoms with Crippen LogP contribution in [0.3, 0.4) is 0 Å². The van der Waals surface area contributed by atoms with Gasteiger partial charge in [0.1, 0.15) is 0 Å². The number of benzene rings is 2. The maximum atomic E-state index is 13.3. The quantitative estimate of drug-likeness (QED) is 0.506. The van der Waals surface area contributed by atoms with Crippen LogP contribution in [0.15, 0.2) is 77.9 Å². The molecule has 4 aromatic rings. The van der Waals surface area contributed by atoms with Gasteiger partial charge < -0.3 is 9.47 Å². The molecule has 0 bridgehead atoms. The van der Waals surface area contributed by atoms with Crippen molar-refractivity contribution in [2.75, 3.05) is 4.90 Å². The zero-order valence-corrected chi connectivity index (χ0v) is 17.8. The van der Waals surface area contributed by atoms with Crippen molar-refractivity contribution in [2.45, 2.75) is 26.3 Å². The second kappa shape index (κ2) is 6.94. The Hall–Kier alpha value is -3.67. The van der Waals surface area contributed by atoms with E-state index in [9.17, 15) is 9.59 Å². The number of aromatic nitrogens is 3. The third-order valence-corrected chi connectivity index (χ3v) is 6.14. The highest BCUT2D eigenvalue weighted by Gasteiger charge is 2.46. The minimum absolute atomic E-state index is 0.000145. The Balaban J connectivity index is 1.59. The van der Waals surface area contributed by atoms with E-state index in [0.29, 0.717) is 0 Å². The molecule has 1 aliphatic heterocycles. The first-order chi connectivity index (χ1) is 14.8. The Morgan fingerprint density at radius 2 is 1.71 bits per heavy atom. The molecule has 0 radical (unpaired) electrons. The Morgan fingerprint density at radius 3 is 2.45 bits per heavy atom. The first-order valence-electron chi connectivity index (χ1n) is 10.4. The summed E-state index contributed by atoms with van der Waals surface area (Å²) in [6, 6.07) is 19.5. The summed E-state index contributed by atoms with van der Waals surface area (Å²) >= 11 is 0. The summed E-state index contributed by atoms with van der Waals surface area (Å²) in [6.07, 6.45) is 4.33. The molecule has 6 nitrogen and oxygen atoms in total. The van der Waals surface area contributed by atoms with Crippen LogP contribution in [0.25, 0.3) is 16.6 Å². The van der Waals surface area contributed by atoms with Gasteiger partial charge in [-0.2, -0.15) is 5.10 Å². The maximum Gasteiger partial charge on any atom is 0.250 e. The zero-order valence-electron chi connectivity index (χ0n) is 17.8. The summed E-state index contributed by atoms with van der Waals surface area (Å²) in [5, 5.41) is 5.47. The minimum Gasteiger partial charge on any atom is -0.316 e. The molecule has 6 heteroatoms. The van der Waals surface area contributed by atoms with Crippen molar-refractivity contribution in [3.05, 3.63) is 89.0 Å². The molecule has 1 aliphatic rings. The van der Waals surface area contributed by atoms with Crippen LogP contribution in [0.4, 0.5) is 5.69 Å². The highest BCUT2D eigenvalue weighted by Crippen LogP contribution is 2.46. The van der Waals surface area contributed by atoms with Gasteiger partial charge >= 0.3 is 0 Å². The van der Waals surface area contributed by atoms with Crippen molar-refractivity contribution in [3.8, 4) is 5.69 Å². The fourth-order valence-electron chi connectivity index (χ4n) is 4.45. The number of aryl methyl sites for hydroxylation is 1. The normalized spacial score (nSPS) is 18.1. The number of fused-ring (bicyclic) bond motifs is 1. The van der Waals surface area contributed by atoms with Gasteiger partial charge in [0.2, 0.25) is 11.5 Å². The molecular formula is C25H24N4O2. The monoisotopic (exact) mass is 412 g/mol. The number of amides is 1. The van der Waals surface area contributed by atoms with E-state index in [-0.39, 0.29) is 17.5 Å². The number of hydrogen-bond donors (Lipinski definition) is 0. The first-order valence-corrected chi connectivity index (χ1v) is 10.4. The van der Waals surface area contributed by atoms with E-state index in [1.54, 1.807) is 25.5 Å². The molecule has 0 saturated carbocycles. The second-order valence-electron chi connectivity index (χ2n) is 8.83. The lowest BCUT2D eigenvalue weighted by Crippen LogP contribution is -2.32.